The number of anilines is 2. The van der Waals surface area contributed by atoms with Gasteiger partial charge in [-0.05, 0) is 24.3 Å². The number of halogens is 1. The van der Waals surface area contributed by atoms with Gasteiger partial charge in [0.1, 0.15) is 0 Å². The fourth-order valence-electron chi connectivity index (χ4n) is 2.66. The highest BCUT2D eigenvalue weighted by Crippen LogP contribution is 2.22. The third-order valence-corrected chi connectivity index (χ3v) is 5.05. The van der Waals surface area contributed by atoms with E-state index in [1.807, 2.05) is 42.1 Å². The Hall–Kier alpha value is -2.02. The number of para-hydroxylation sites is 2. The molecule has 1 atom stereocenters. The first kappa shape index (κ1) is 20.3. The molecule has 0 spiro atoms. The van der Waals surface area contributed by atoms with E-state index < -0.39 is 0 Å². The summed E-state index contributed by atoms with van der Waals surface area (Å²) >= 11 is 1.86. The lowest BCUT2D eigenvalue weighted by molar-refractivity contribution is -0.116. The molecule has 0 bridgehead atoms. The lowest BCUT2D eigenvalue weighted by atomic mass is 10.2. The molecule has 1 saturated heterocycles. The number of thioether (sulfide) groups is 1. The predicted octanol–water partition coefficient (Wildman–Crippen LogP) is 3.39. The Bertz CT molecular complexity index is 737. The maximum absolute atomic E-state index is 12.3. The van der Waals surface area contributed by atoms with Crippen molar-refractivity contribution in [3.8, 4) is 0 Å². The lowest BCUT2D eigenvalue weighted by Crippen LogP contribution is -2.39. The number of amides is 2. The van der Waals surface area contributed by atoms with Crippen LogP contribution in [0.15, 0.2) is 54.6 Å². The van der Waals surface area contributed by atoms with Crippen LogP contribution in [0.5, 0.6) is 0 Å². The molecule has 5 nitrogen and oxygen atoms in total. The second kappa shape index (κ2) is 10.2. The van der Waals surface area contributed by atoms with Crippen molar-refractivity contribution in [2.45, 2.75) is 12.5 Å². The van der Waals surface area contributed by atoms with E-state index in [2.05, 4.69) is 16.0 Å². The Kier molecular flexibility index (Phi) is 7.97. The molecule has 2 aromatic rings. The molecule has 0 saturated carbocycles. The molecule has 3 N–H and O–H groups in total. The summed E-state index contributed by atoms with van der Waals surface area (Å²) in [7, 11) is 0. The minimum absolute atomic E-state index is 0. The Morgan fingerprint density at radius 3 is 2.31 bits per heavy atom. The molecular formula is C19H22ClN3O2S. The second-order valence-corrected chi connectivity index (χ2v) is 6.99. The van der Waals surface area contributed by atoms with Crippen molar-refractivity contribution < 1.29 is 9.59 Å². The highest BCUT2D eigenvalue weighted by atomic mass is 35.5. The first-order valence-corrected chi connectivity index (χ1v) is 9.44. The Labute approximate surface area is 163 Å². The SMILES string of the molecule is Cl.O=C(CC1CSCCN1)Nc1ccccc1NC(=O)c1ccccc1. The first-order chi connectivity index (χ1) is 12.2. The summed E-state index contributed by atoms with van der Waals surface area (Å²) < 4.78 is 0. The highest BCUT2D eigenvalue weighted by molar-refractivity contribution is 7.99. The van der Waals surface area contributed by atoms with Crippen LogP contribution in [-0.2, 0) is 4.79 Å². The van der Waals surface area contributed by atoms with E-state index in [-0.39, 0.29) is 30.3 Å². The molecule has 0 aromatic heterocycles. The molecule has 1 heterocycles. The van der Waals surface area contributed by atoms with Crippen LogP contribution < -0.4 is 16.0 Å². The molecule has 1 fully saturated rings. The summed E-state index contributed by atoms with van der Waals surface area (Å²) in [6.45, 7) is 0.937. The third kappa shape index (κ3) is 5.76. The summed E-state index contributed by atoms with van der Waals surface area (Å²) in [5, 5.41) is 9.13. The van der Waals surface area contributed by atoms with E-state index in [1.54, 1.807) is 24.3 Å². The van der Waals surface area contributed by atoms with Crippen LogP contribution in [0.1, 0.15) is 16.8 Å². The molecule has 3 rings (SSSR count). The molecule has 2 amide bonds. The Morgan fingerprint density at radius 2 is 1.65 bits per heavy atom. The molecule has 1 aliphatic rings. The third-order valence-electron chi connectivity index (χ3n) is 3.92. The van der Waals surface area contributed by atoms with E-state index in [0.717, 1.165) is 18.1 Å². The summed E-state index contributed by atoms with van der Waals surface area (Å²) in [5.74, 6) is 1.78. The van der Waals surface area contributed by atoms with Crippen molar-refractivity contribution in [1.82, 2.24) is 5.32 Å². The minimum atomic E-state index is -0.201. The summed E-state index contributed by atoms with van der Waals surface area (Å²) in [5.41, 5.74) is 1.78. The van der Waals surface area contributed by atoms with Crippen LogP contribution in [0.2, 0.25) is 0 Å². The number of benzene rings is 2. The zero-order chi connectivity index (χ0) is 17.5. The number of hydrogen-bond donors (Lipinski definition) is 3. The molecule has 26 heavy (non-hydrogen) atoms. The van der Waals surface area contributed by atoms with E-state index in [1.165, 1.54) is 0 Å². The second-order valence-electron chi connectivity index (χ2n) is 5.84. The van der Waals surface area contributed by atoms with Crippen molar-refractivity contribution in [3.05, 3.63) is 60.2 Å². The normalized spacial score (nSPS) is 16.2. The number of rotatable bonds is 5. The standard InChI is InChI=1S/C19H21N3O2S.ClH/c23-18(12-15-13-25-11-10-20-15)21-16-8-4-5-9-17(16)22-19(24)14-6-2-1-3-7-14;/h1-9,15,20H,10-13H2,(H,21,23)(H,22,24);1H. The van der Waals surface area contributed by atoms with Crippen LogP contribution in [0.3, 0.4) is 0 Å². The first-order valence-electron chi connectivity index (χ1n) is 8.29. The molecule has 7 heteroatoms. The number of nitrogens with one attached hydrogen (secondary N) is 3. The number of carbonyl (C=O) groups is 2. The van der Waals surface area contributed by atoms with Crippen LogP contribution in [-0.4, -0.2) is 35.9 Å². The van der Waals surface area contributed by atoms with Crippen molar-refractivity contribution in [2.75, 3.05) is 28.7 Å². The van der Waals surface area contributed by atoms with Gasteiger partial charge in [0, 0.05) is 36.1 Å². The van der Waals surface area contributed by atoms with Gasteiger partial charge in [-0.15, -0.1) is 12.4 Å². The molecule has 1 unspecified atom stereocenters. The van der Waals surface area contributed by atoms with Crippen LogP contribution in [0, 0.1) is 0 Å². The van der Waals surface area contributed by atoms with Gasteiger partial charge in [-0.1, -0.05) is 30.3 Å². The Morgan fingerprint density at radius 1 is 1.00 bits per heavy atom. The topological polar surface area (TPSA) is 70.2 Å². The monoisotopic (exact) mass is 391 g/mol. The van der Waals surface area contributed by atoms with Gasteiger partial charge in [0.2, 0.25) is 5.91 Å². The maximum Gasteiger partial charge on any atom is 0.255 e. The van der Waals surface area contributed by atoms with Crippen LogP contribution in [0.25, 0.3) is 0 Å². The van der Waals surface area contributed by atoms with Gasteiger partial charge in [-0.3, -0.25) is 9.59 Å². The maximum atomic E-state index is 12.3. The largest absolute Gasteiger partial charge is 0.324 e. The van der Waals surface area contributed by atoms with Crippen molar-refractivity contribution in [3.63, 3.8) is 0 Å². The van der Waals surface area contributed by atoms with Crippen LogP contribution in [0.4, 0.5) is 11.4 Å². The van der Waals surface area contributed by atoms with Crippen molar-refractivity contribution >= 4 is 47.4 Å². The van der Waals surface area contributed by atoms with Gasteiger partial charge in [-0.2, -0.15) is 11.8 Å². The van der Waals surface area contributed by atoms with E-state index >= 15 is 0 Å². The summed E-state index contributed by atoms with van der Waals surface area (Å²) in [4.78, 5) is 24.6. The van der Waals surface area contributed by atoms with Crippen molar-refractivity contribution in [2.24, 2.45) is 0 Å². The fraction of sp³-hybridized carbons (Fsp3) is 0.263. The van der Waals surface area contributed by atoms with Gasteiger partial charge >= 0.3 is 0 Å². The quantitative estimate of drug-likeness (QED) is 0.730. The average Bonchev–Trinajstić information content (AvgIpc) is 2.65. The Balaban J connectivity index is 0.00000243. The molecule has 0 aliphatic carbocycles. The molecular weight excluding hydrogens is 370 g/mol. The molecule has 0 radical (unpaired) electrons. The smallest absolute Gasteiger partial charge is 0.255 e. The highest BCUT2D eigenvalue weighted by Gasteiger charge is 2.17. The van der Waals surface area contributed by atoms with Gasteiger partial charge < -0.3 is 16.0 Å². The zero-order valence-electron chi connectivity index (χ0n) is 14.2. The summed E-state index contributed by atoms with van der Waals surface area (Å²) in [6, 6.07) is 16.4. The van der Waals surface area contributed by atoms with Crippen molar-refractivity contribution in [1.29, 1.82) is 0 Å². The molecule has 2 aromatic carbocycles. The fourth-order valence-corrected chi connectivity index (χ4v) is 3.61. The van der Waals surface area contributed by atoms with E-state index in [9.17, 15) is 9.59 Å². The minimum Gasteiger partial charge on any atom is -0.324 e. The van der Waals surface area contributed by atoms with E-state index in [0.29, 0.717) is 23.4 Å². The van der Waals surface area contributed by atoms with Crippen LogP contribution >= 0.6 is 24.2 Å². The van der Waals surface area contributed by atoms with Gasteiger partial charge in [-0.25, -0.2) is 0 Å². The average molecular weight is 392 g/mol. The number of hydrogen-bond acceptors (Lipinski definition) is 4. The predicted molar refractivity (Wildman–Crippen MR) is 110 cm³/mol. The summed E-state index contributed by atoms with van der Waals surface area (Å²) in [6.07, 6.45) is 0.425. The van der Waals surface area contributed by atoms with Gasteiger partial charge in [0.05, 0.1) is 11.4 Å². The van der Waals surface area contributed by atoms with E-state index in [4.69, 9.17) is 0 Å². The van der Waals surface area contributed by atoms with Gasteiger partial charge in [0.25, 0.3) is 5.91 Å². The molecule has 138 valence electrons. The van der Waals surface area contributed by atoms with Gasteiger partial charge in [0.15, 0.2) is 0 Å². The number of carbonyl (C=O) groups excluding carboxylic acids is 2. The zero-order valence-corrected chi connectivity index (χ0v) is 15.9. The molecule has 1 aliphatic heterocycles. The lowest BCUT2D eigenvalue weighted by Gasteiger charge is -2.22.